The number of hydrogen-bond acceptors (Lipinski definition) is 4. The van der Waals surface area contributed by atoms with E-state index < -0.39 is 37.3 Å². The third kappa shape index (κ3) is 2.98. The molecule has 2 aromatic carbocycles. The molecule has 1 aromatic heterocycles. The Morgan fingerprint density at radius 2 is 1.74 bits per heavy atom. The topological polar surface area (TPSA) is 96.1 Å². The van der Waals surface area contributed by atoms with Crippen LogP contribution in [0.15, 0.2) is 59.6 Å². The maximum absolute atomic E-state index is 13.4. The van der Waals surface area contributed by atoms with Gasteiger partial charge in [-0.1, -0.05) is 28.7 Å². The summed E-state index contributed by atoms with van der Waals surface area (Å²) in [6, 6.07) is 11.5. The van der Waals surface area contributed by atoms with Crippen LogP contribution in [-0.4, -0.2) is 34.5 Å². The van der Waals surface area contributed by atoms with E-state index in [4.69, 9.17) is 0 Å². The van der Waals surface area contributed by atoms with Crippen LogP contribution in [0, 0.1) is 5.82 Å². The fourth-order valence-corrected chi connectivity index (χ4v) is 7.28. The van der Waals surface area contributed by atoms with Crippen molar-refractivity contribution in [3.8, 4) is 0 Å². The van der Waals surface area contributed by atoms with Crippen molar-refractivity contribution in [3.63, 3.8) is 0 Å². The Morgan fingerprint density at radius 1 is 1.04 bits per heavy atom. The van der Waals surface area contributed by atoms with E-state index in [2.05, 4.69) is 10.3 Å². The summed E-state index contributed by atoms with van der Waals surface area (Å²) in [5.41, 5.74) is 1.04. The standard InChI is InChI=1S/C18H13FN2O4S2/c19-11-5-7-12(8-6-11)27(24,25)17(26-10-16(22)21-18(26)23)14-9-20-15-4-2-1-3-13(14)15/h1-9,20H,10H2,(H,21,22,23). The SMILES string of the molecule is O=C1CS(=C(c2c[nH]c3ccccc23)S(=O)(=O)c2ccc(F)cc2)C(=O)N1. The molecule has 1 unspecified atom stereocenters. The number of sulfone groups is 1. The first-order chi connectivity index (χ1) is 12.9. The Balaban J connectivity index is 2.04. The predicted octanol–water partition coefficient (Wildman–Crippen LogP) is 2.78. The average molecular weight is 404 g/mol. The number of aromatic amines is 1. The minimum absolute atomic E-state index is 0.135. The molecule has 27 heavy (non-hydrogen) atoms. The summed E-state index contributed by atoms with van der Waals surface area (Å²) >= 11 is 0. The highest BCUT2D eigenvalue weighted by Gasteiger charge is 2.35. The van der Waals surface area contributed by atoms with E-state index in [1.165, 1.54) is 6.20 Å². The third-order valence-corrected chi connectivity index (χ3v) is 8.77. The summed E-state index contributed by atoms with van der Waals surface area (Å²) < 4.78 is 39.8. The number of hydrogen-bond donors (Lipinski definition) is 2. The van der Waals surface area contributed by atoms with E-state index in [1.807, 2.05) is 0 Å². The van der Waals surface area contributed by atoms with E-state index in [0.717, 1.165) is 24.3 Å². The maximum atomic E-state index is 13.4. The fraction of sp³-hybridized carbons (Fsp3) is 0.0556. The van der Waals surface area contributed by atoms with Crippen LogP contribution in [0.5, 0.6) is 0 Å². The largest absolute Gasteiger partial charge is 0.361 e. The molecule has 1 fully saturated rings. The van der Waals surface area contributed by atoms with Crippen molar-refractivity contribution < 1.29 is 22.4 Å². The zero-order valence-electron chi connectivity index (χ0n) is 13.7. The quantitative estimate of drug-likeness (QED) is 0.507. The Labute approximate surface area is 156 Å². The molecule has 0 bridgehead atoms. The lowest BCUT2D eigenvalue weighted by Gasteiger charge is -2.12. The highest BCUT2D eigenvalue weighted by molar-refractivity contribution is 8.39. The maximum Gasteiger partial charge on any atom is 0.281 e. The number of carbonyl (C=O) groups excluding carboxylic acids is 2. The fourth-order valence-electron chi connectivity index (χ4n) is 2.93. The predicted molar refractivity (Wildman–Crippen MR) is 102 cm³/mol. The summed E-state index contributed by atoms with van der Waals surface area (Å²) in [6.07, 6.45) is 1.52. The first kappa shape index (κ1) is 17.6. The van der Waals surface area contributed by atoms with Crippen molar-refractivity contribution >= 4 is 46.6 Å². The lowest BCUT2D eigenvalue weighted by molar-refractivity contribution is -0.117. The number of H-pyrrole nitrogens is 1. The van der Waals surface area contributed by atoms with Crippen molar-refractivity contribution in [2.45, 2.75) is 4.90 Å². The molecule has 0 radical (unpaired) electrons. The second-order valence-electron chi connectivity index (χ2n) is 5.86. The van der Waals surface area contributed by atoms with Gasteiger partial charge in [-0.05, 0) is 30.3 Å². The van der Waals surface area contributed by atoms with Gasteiger partial charge >= 0.3 is 0 Å². The number of amides is 2. The van der Waals surface area contributed by atoms with Crippen LogP contribution < -0.4 is 5.32 Å². The molecule has 1 atom stereocenters. The van der Waals surface area contributed by atoms with Gasteiger partial charge in [-0.2, -0.15) is 0 Å². The van der Waals surface area contributed by atoms with E-state index in [-0.39, 0.29) is 14.8 Å². The Morgan fingerprint density at radius 3 is 2.41 bits per heavy atom. The Hall–Kier alpha value is -2.78. The molecule has 1 saturated heterocycles. The first-order valence-electron chi connectivity index (χ1n) is 7.87. The van der Waals surface area contributed by atoms with Crippen molar-refractivity contribution in [2.75, 3.05) is 5.75 Å². The number of aromatic nitrogens is 1. The van der Waals surface area contributed by atoms with Gasteiger partial charge < -0.3 is 4.98 Å². The van der Waals surface area contributed by atoms with Crippen molar-refractivity contribution in [1.29, 1.82) is 0 Å². The minimum atomic E-state index is -4.14. The Bertz CT molecular complexity index is 1230. The number of para-hydroxylation sites is 1. The van der Waals surface area contributed by atoms with Gasteiger partial charge in [0.25, 0.3) is 5.24 Å². The van der Waals surface area contributed by atoms with Crippen LogP contribution in [-0.2, 0) is 14.6 Å². The van der Waals surface area contributed by atoms with Gasteiger partial charge in [0, 0.05) is 22.7 Å². The van der Waals surface area contributed by atoms with Crippen molar-refractivity contribution in [3.05, 3.63) is 66.1 Å². The number of nitrogens with one attached hydrogen (secondary N) is 2. The molecular formula is C18H13FN2O4S2. The molecule has 9 heteroatoms. The summed E-state index contributed by atoms with van der Waals surface area (Å²) in [5, 5.41) is 2.16. The van der Waals surface area contributed by atoms with Gasteiger partial charge in [-0.25, -0.2) is 12.8 Å². The van der Waals surface area contributed by atoms with E-state index in [1.54, 1.807) is 24.3 Å². The van der Waals surface area contributed by atoms with Gasteiger partial charge in [0.1, 0.15) is 10.0 Å². The zero-order chi connectivity index (χ0) is 19.2. The monoisotopic (exact) mass is 404 g/mol. The van der Waals surface area contributed by atoms with Crippen LogP contribution in [0.3, 0.4) is 0 Å². The summed E-state index contributed by atoms with van der Waals surface area (Å²) in [5.74, 6) is -1.32. The molecule has 1 aliphatic heterocycles. The molecule has 2 amide bonds. The molecule has 0 aliphatic carbocycles. The molecule has 138 valence electrons. The average Bonchev–Trinajstić information content (AvgIpc) is 3.19. The second-order valence-corrected chi connectivity index (χ2v) is 9.86. The normalized spacial score (nSPS) is 18.0. The van der Waals surface area contributed by atoms with Gasteiger partial charge in [-0.3, -0.25) is 14.9 Å². The summed E-state index contributed by atoms with van der Waals surface area (Å²) in [4.78, 5) is 26.9. The molecule has 2 heterocycles. The van der Waals surface area contributed by atoms with Gasteiger partial charge in [0.05, 0.1) is 10.6 Å². The summed E-state index contributed by atoms with van der Waals surface area (Å²) in [6.45, 7) is 0. The lowest BCUT2D eigenvalue weighted by Crippen LogP contribution is -2.20. The molecule has 4 rings (SSSR count). The number of benzene rings is 2. The van der Waals surface area contributed by atoms with E-state index in [9.17, 15) is 22.4 Å². The molecule has 0 spiro atoms. The molecular weight excluding hydrogens is 391 g/mol. The van der Waals surface area contributed by atoms with Crippen LogP contribution in [0.25, 0.3) is 10.9 Å². The van der Waals surface area contributed by atoms with Gasteiger partial charge in [0.15, 0.2) is 0 Å². The van der Waals surface area contributed by atoms with Crippen molar-refractivity contribution in [2.24, 2.45) is 0 Å². The van der Waals surface area contributed by atoms with Gasteiger partial charge in [0.2, 0.25) is 15.7 Å². The molecule has 3 aromatic rings. The zero-order valence-corrected chi connectivity index (χ0v) is 15.4. The first-order valence-corrected chi connectivity index (χ1v) is 10.7. The molecule has 0 saturated carbocycles. The second kappa shape index (κ2) is 6.43. The Kier molecular flexibility index (Phi) is 4.20. The molecule has 6 nitrogen and oxygen atoms in total. The summed E-state index contributed by atoms with van der Waals surface area (Å²) in [7, 11) is -5.63. The number of rotatable bonds is 2. The minimum Gasteiger partial charge on any atom is -0.361 e. The van der Waals surface area contributed by atoms with Crippen LogP contribution >= 0.6 is 10.5 Å². The van der Waals surface area contributed by atoms with Crippen molar-refractivity contribution in [1.82, 2.24) is 10.3 Å². The third-order valence-electron chi connectivity index (χ3n) is 4.14. The van der Waals surface area contributed by atoms with Crippen LogP contribution in [0.1, 0.15) is 5.56 Å². The van der Waals surface area contributed by atoms with Crippen LogP contribution in [0.2, 0.25) is 0 Å². The number of carbonyl (C=O) groups is 2. The lowest BCUT2D eigenvalue weighted by atomic mass is 10.2. The van der Waals surface area contributed by atoms with E-state index >= 15 is 0 Å². The molecule has 2 N–H and O–H groups in total. The number of imide groups is 1. The highest BCUT2D eigenvalue weighted by Crippen LogP contribution is 2.33. The molecule has 1 aliphatic rings. The van der Waals surface area contributed by atoms with Crippen LogP contribution in [0.4, 0.5) is 9.18 Å². The number of fused-ring (bicyclic) bond motifs is 1. The highest BCUT2D eigenvalue weighted by atomic mass is 32.3. The number of halogens is 1. The smallest absolute Gasteiger partial charge is 0.281 e. The van der Waals surface area contributed by atoms with E-state index in [0.29, 0.717) is 16.5 Å². The van der Waals surface area contributed by atoms with Gasteiger partial charge in [-0.15, -0.1) is 0 Å².